The molecule has 4 rings (SSSR count). The van der Waals surface area contributed by atoms with E-state index < -0.39 is 0 Å². The van der Waals surface area contributed by atoms with E-state index in [1.54, 1.807) is 39.8 Å². The largest absolute Gasteiger partial charge is 0.454 e. The van der Waals surface area contributed by atoms with Crippen molar-refractivity contribution in [3.05, 3.63) is 18.2 Å². The molecule has 0 aromatic heterocycles. The van der Waals surface area contributed by atoms with E-state index in [-0.39, 0.29) is 37.0 Å². The molecule has 9 nitrogen and oxygen atoms in total. The standard InChI is InChI=1S/C19H23N3O6/c1-2-26-19(25)21-7-5-20(6-8-21)18(24)13-9-17(23)22(11-13)14-3-4-15-16(10-14)28-12-27-15/h3-4,10,13H,2,5-9,11-12H2,1H3. The van der Waals surface area contributed by atoms with Crippen LogP contribution in [-0.2, 0) is 14.3 Å². The fraction of sp³-hybridized carbons (Fsp3) is 0.526. The number of carbonyl (C=O) groups excluding carboxylic acids is 3. The zero-order valence-corrected chi connectivity index (χ0v) is 15.8. The van der Waals surface area contributed by atoms with E-state index in [0.29, 0.717) is 56.5 Å². The first kappa shape index (κ1) is 18.4. The van der Waals surface area contributed by atoms with Gasteiger partial charge in [-0.05, 0) is 19.1 Å². The van der Waals surface area contributed by atoms with Crippen molar-refractivity contribution in [3.63, 3.8) is 0 Å². The molecular weight excluding hydrogens is 366 g/mol. The van der Waals surface area contributed by atoms with Crippen molar-refractivity contribution in [1.82, 2.24) is 9.80 Å². The highest BCUT2D eigenvalue weighted by Gasteiger charge is 2.38. The van der Waals surface area contributed by atoms with Crippen LogP contribution in [0.5, 0.6) is 11.5 Å². The molecule has 1 unspecified atom stereocenters. The molecule has 2 saturated heterocycles. The topological polar surface area (TPSA) is 88.6 Å². The van der Waals surface area contributed by atoms with Crippen molar-refractivity contribution < 1.29 is 28.6 Å². The number of nitrogens with zero attached hydrogens (tertiary/aromatic N) is 3. The monoisotopic (exact) mass is 389 g/mol. The van der Waals surface area contributed by atoms with Gasteiger partial charge in [0, 0.05) is 50.9 Å². The van der Waals surface area contributed by atoms with Gasteiger partial charge in [0.25, 0.3) is 0 Å². The van der Waals surface area contributed by atoms with Gasteiger partial charge in [0.05, 0.1) is 12.5 Å². The van der Waals surface area contributed by atoms with Crippen LogP contribution < -0.4 is 14.4 Å². The molecule has 0 N–H and O–H groups in total. The van der Waals surface area contributed by atoms with Crippen LogP contribution in [0.15, 0.2) is 18.2 Å². The Morgan fingerprint density at radius 1 is 1.11 bits per heavy atom. The zero-order valence-electron chi connectivity index (χ0n) is 15.8. The summed E-state index contributed by atoms with van der Waals surface area (Å²) in [6, 6.07) is 5.34. The number of carbonyl (C=O) groups is 3. The van der Waals surface area contributed by atoms with E-state index in [4.69, 9.17) is 14.2 Å². The maximum Gasteiger partial charge on any atom is 0.409 e. The van der Waals surface area contributed by atoms with E-state index in [2.05, 4.69) is 0 Å². The minimum Gasteiger partial charge on any atom is -0.454 e. The fourth-order valence-corrected chi connectivity index (χ4v) is 3.76. The first-order valence-corrected chi connectivity index (χ1v) is 9.47. The lowest BCUT2D eigenvalue weighted by Crippen LogP contribution is -2.52. The minimum absolute atomic E-state index is 0.0416. The molecule has 0 radical (unpaired) electrons. The number of rotatable bonds is 3. The Morgan fingerprint density at radius 2 is 1.82 bits per heavy atom. The highest BCUT2D eigenvalue weighted by molar-refractivity contribution is 6.00. The highest BCUT2D eigenvalue weighted by atomic mass is 16.7. The second-order valence-electron chi connectivity index (χ2n) is 6.95. The Hall–Kier alpha value is -2.97. The van der Waals surface area contributed by atoms with Gasteiger partial charge < -0.3 is 28.9 Å². The van der Waals surface area contributed by atoms with Crippen LogP contribution in [0.1, 0.15) is 13.3 Å². The summed E-state index contributed by atoms with van der Waals surface area (Å²) < 4.78 is 15.7. The molecule has 1 atom stereocenters. The van der Waals surface area contributed by atoms with Gasteiger partial charge in [-0.25, -0.2) is 4.79 Å². The summed E-state index contributed by atoms with van der Waals surface area (Å²) in [5.41, 5.74) is 0.705. The van der Waals surface area contributed by atoms with Crippen LogP contribution in [0, 0.1) is 5.92 Å². The number of amides is 3. The van der Waals surface area contributed by atoms with Crippen molar-refractivity contribution in [2.75, 3.05) is 51.0 Å². The van der Waals surface area contributed by atoms with E-state index in [1.165, 1.54) is 0 Å². The fourth-order valence-electron chi connectivity index (χ4n) is 3.76. The maximum atomic E-state index is 12.9. The molecule has 1 aromatic rings. The zero-order chi connectivity index (χ0) is 19.7. The summed E-state index contributed by atoms with van der Waals surface area (Å²) in [7, 11) is 0. The van der Waals surface area contributed by atoms with Crippen molar-refractivity contribution in [2.45, 2.75) is 13.3 Å². The summed E-state index contributed by atoms with van der Waals surface area (Å²) in [5, 5.41) is 0. The SMILES string of the molecule is CCOC(=O)N1CCN(C(=O)C2CC(=O)N(c3ccc4c(c3)OCO4)C2)CC1. The van der Waals surface area contributed by atoms with Crippen molar-refractivity contribution >= 4 is 23.6 Å². The molecule has 28 heavy (non-hydrogen) atoms. The van der Waals surface area contributed by atoms with Crippen LogP contribution in [0.25, 0.3) is 0 Å². The lowest BCUT2D eigenvalue weighted by atomic mass is 10.1. The lowest BCUT2D eigenvalue weighted by molar-refractivity contribution is -0.137. The highest BCUT2D eigenvalue weighted by Crippen LogP contribution is 2.37. The average Bonchev–Trinajstić information content (AvgIpc) is 3.33. The Bertz CT molecular complexity index is 790. The van der Waals surface area contributed by atoms with Gasteiger partial charge >= 0.3 is 6.09 Å². The van der Waals surface area contributed by atoms with Crippen LogP contribution in [0.3, 0.4) is 0 Å². The number of hydrogen-bond donors (Lipinski definition) is 0. The average molecular weight is 389 g/mol. The van der Waals surface area contributed by atoms with Gasteiger partial charge in [-0.2, -0.15) is 0 Å². The number of hydrogen-bond acceptors (Lipinski definition) is 6. The number of benzene rings is 1. The first-order valence-electron chi connectivity index (χ1n) is 9.47. The van der Waals surface area contributed by atoms with Gasteiger partial charge in [-0.15, -0.1) is 0 Å². The molecular formula is C19H23N3O6. The van der Waals surface area contributed by atoms with Gasteiger partial charge in [-0.1, -0.05) is 0 Å². The summed E-state index contributed by atoms with van der Waals surface area (Å²) in [4.78, 5) is 42.1. The molecule has 3 aliphatic heterocycles. The molecule has 0 spiro atoms. The third-order valence-corrected chi connectivity index (χ3v) is 5.26. The molecule has 0 saturated carbocycles. The summed E-state index contributed by atoms with van der Waals surface area (Å²) >= 11 is 0. The number of fused-ring (bicyclic) bond motifs is 1. The third kappa shape index (κ3) is 3.44. The Morgan fingerprint density at radius 3 is 2.57 bits per heavy atom. The maximum absolute atomic E-state index is 12.9. The quantitative estimate of drug-likeness (QED) is 0.768. The minimum atomic E-state index is -0.382. The van der Waals surface area contributed by atoms with Gasteiger partial charge in [-0.3, -0.25) is 9.59 Å². The summed E-state index contributed by atoms with van der Waals surface area (Å²) in [6.45, 7) is 4.40. The van der Waals surface area contributed by atoms with Gasteiger partial charge in [0.15, 0.2) is 11.5 Å². The lowest BCUT2D eigenvalue weighted by Gasteiger charge is -2.35. The van der Waals surface area contributed by atoms with Crippen LogP contribution in [-0.4, -0.2) is 73.8 Å². The first-order chi connectivity index (χ1) is 13.6. The molecule has 9 heteroatoms. The Labute approximate surface area is 162 Å². The van der Waals surface area contributed by atoms with E-state index in [9.17, 15) is 14.4 Å². The number of ether oxygens (including phenoxy) is 3. The molecule has 0 bridgehead atoms. The third-order valence-electron chi connectivity index (χ3n) is 5.26. The van der Waals surface area contributed by atoms with Gasteiger partial charge in [0.1, 0.15) is 0 Å². The number of piperazine rings is 1. The molecule has 3 amide bonds. The molecule has 1 aromatic carbocycles. The second-order valence-corrected chi connectivity index (χ2v) is 6.95. The predicted octanol–water partition coefficient (Wildman–Crippen LogP) is 1.07. The second kappa shape index (κ2) is 7.57. The van der Waals surface area contributed by atoms with Crippen molar-refractivity contribution in [1.29, 1.82) is 0 Å². The molecule has 3 aliphatic rings. The molecule has 3 heterocycles. The normalized spacial score (nSPS) is 21.2. The van der Waals surface area contributed by atoms with Crippen molar-refractivity contribution in [2.24, 2.45) is 5.92 Å². The van der Waals surface area contributed by atoms with Crippen LogP contribution in [0.4, 0.5) is 10.5 Å². The predicted molar refractivity (Wildman–Crippen MR) is 98.2 cm³/mol. The van der Waals surface area contributed by atoms with Crippen molar-refractivity contribution in [3.8, 4) is 11.5 Å². The van der Waals surface area contributed by atoms with E-state index in [1.807, 2.05) is 0 Å². The van der Waals surface area contributed by atoms with Gasteiger partial charge in [0.2, 0.25) is 18.6 Å². The van der Waals surface area contributed by atoms with E-state index >= 15 is 0 Å². The van der Waals surface area contributed by atoms with E-state index in [0.717, 1.165) is 0 Å². The smallest absolute Gasteiger partial charge is 0.409 e. The Balaban J connectivity index is 1.36. The molecule has 150 valence electrons. The summed E-state index contributed by atoms with van der Waals surface area (Å²) in [6.07, 6.45) is -0.162. The van der Waals surface area contributed by atoms with Crippen LogP contribution >= 0.6 is 0 Å². The number of anilines is 1. The molecule has 2 fully saturated rings. The molecule has 0 aliphatic carbocycles. The van der Waals surface area contributed by atoms with Crippen LogP contribution in [0.2, 0.25) is 0 Å². The summed E-state index contributed by atoms with van der Waals surface area (Å²) in [5.74, 6) is 0.757. The Kier molecular flexibility index (Phi) is 4.97.